The fourth-order valence-electron chi connectivity index (χ4n) is 2.42. The molecule has 1 aliphatic heterocycles. The minimum absolute atomic E-state index is 0.232. The Kier molecular flexibility index (Phi) is 5.24. The van der Waals surface area contributed by atoms with Crippen LogP contribution in [0.4, 0.5) is 0 Å². The minimum Gasteiger partial charge on any atom is -0.497 e. The molecule has 5 heteroatoms. The van der Waals surface area contributed by atoms with Crippen LogP contribution < -0.4 is 9.47 Å². The Morgan fingerprint density at radius 3 is 2.70 bits per heavy atom. The zero-order valence-corrected chi connectivity index (χ0v) is 11.7. The first-order valence-electron chi connectivity index (χ1n) is 6.91. The van der Waals surface area contributed by atoms with Gasteiger partial charge in [0.1, 0.15) is 18.1 Å². The number of rotatable bonds is 6. The van der Waals surface area contributed by atoms with Crippen LogP contribution in [0.15, 0.2) is 24.3 Å². The molecule has 0 bridgehead atoms. The summed E-state index contributed by atoms with van der Waals surface area (Å²) in [6, 6.07) is 7.46. The van der Waals surface area contributed by atoms with Crippen molar-refractivity contribution in [2.45, 2.75) is 12.8 Å². The number of hydrogen-bond donors (Lipinski definition) is 1. The van der Waals surface area contributed by atoms with E-state index >= 15 is 0 Å². The summed E-state index contributed by atoms with van der Waals surface area (Å²) in [6.07, 6.45) is 1.73. The van der Waals surface area contributed by atoms with E-state index in [1.165, 1.54) is 0 Å². The Hall–Kier alpha value is -1.75. The van der Waals surface area contributed by atoms with Crippen LogP contribution in [0.25, 0.3) is 0 Å². The molecule has 1 saturated heterocycles. The molecule has 1 N–H and O–H groups in total. The lowest BCUT2D eigenvalue weighted by atomic mass is 9.98. The zero-order chi connectivity index (χ0) is 14.4. The molecular formula is C15H21NO4. The fourth-order valence-corrected chi connectivity index (χ4v) is 2.42. The molecule has 0 saturated carbocycles. The second kappa shape index (κ2) is 7.14. The third-order valence-corrected chi connectivity index (χ3v) is 3.59. The Morgan fingerprint density at radius 1 is 1.35 bits per heavy atom. The van der Waals surface area contributed by atoms with Crippen molar-refractivity contribution in [3.8, 4) is 11.5 Å². The number of carboxylic acid groups (broad SMARTS) is 1. The Morgan fingerprint density at radius 2 is 2.05 bits per heavy atom. The van der Waals surface area contributed by atoms with Crippen LogP contribution in [-0.2, 0) is 4.79 Å². The molecular weight excluding hydrogens is 258 g/mol. The Labute approximate surface area is 119 Å². The number of carboxylic acids is 1. The molecule has 0 aromatic heterocycles. The van der Waals surface area contributed by atoms with Crippen molar-refractivity contribution in [2.75, 3.05) is 33.4 Å². The van der Waals surface area contributed by atoms with Crippen LogP contribution >= 0.6 is 0 Å². The average molecular weight is 279 g/mol. The van der Waals surface area contributed by atoms with Gasteiger partial charge in [-0.25, -0.2) is 0 Å². The first-order valence-corrected chi connectivity index (χ1v) is 6.91. The van der Waals surface area contributed by atoms with E-state index in [1.54, 1.807) is 7.11 Å². The van der Waals surface area contributed by atoms with Gasteiger partial charge < -0.3 is 14.6 Å². The van der Waals surface area contributed by atoms with Gasteiger partial charge >= 0.3 is 5.97 Å². The molecule has 5 nitrogen and oxygen atoms in total. The predicted molar refractivity (Wildman–Crippen MR) is 75.3 cm³/mol. The van der Waals surface area contributed by atoms with Gasteiger partial charge in [0.25, 0.3) is 0 Å². The highest BCUT2D eigenvalue weighted by atomic mass is 16.5. The van der Waals surface area contributed by atoms with Crippen molar-refractivity contribution in [2.24, 2.45) is 5.92 Å². The summed E-state index contributed by atoms with van der Waals surface area (Å²) in [7, 11) is 1.63. The molecule has 1 atom stereocenters. The van der Waals surface area contributed by atoms with Gasteiger partial charge in [-0.15, -0.1) is 0 Å². The molecule has 0 spiro atoms. The predicted octanol–water partition coefficient (Wildman–Crippen LogP) is 1.87. The summed E-state index contributed by atoms with van der Waals surface area (Å²) in [4.78, 5) is 13.1. The van der Waals surface area contributed by atoms with Crippen molar-refractivity contribution in [1.29, 1.82) is 0 Å². The summed E-state index contributed by atoms with van der Waals surface area (Å²) >= 11 is 0. The summed E-state index contributed by atoms with van der Waals surface area (Å²) in [5, 5.41) is 9.04. The summed E-state index contributed by atoms with van der Waals surface area (Å²) in [5.74, 6) is 0.686. The van der Waals surface area contributed by atoms with Crippen molar-refractivity contribution in [1.82, 2.24) is 4.90 Å². The number of ether oxygens (including phenoxy) is 2. The van der Waals surface area contributed by atoms with Gasteiger partial charge in [0, 0.05) is 13.1 Å². The lowest BCUT2D eigenvalue weighted by molar-refractivity contribution is -0.143. The maximum atomic E-state index is 11.0. The number of nitrogens with zero attached hydrogens (tertiary/aromatic N) is 1. The van der Waals surface area contributed by atoms with Crippen LogP contribution in [-0.4, -0.2) is 49.3 Å². The van der Waals surface area contributed by atoms with Crippen LogP contribution in [0.1, 0.15) is 12.8 Å². The number of benzene rings is 1. The lowest BCUT2D eigenvalue weighted by Gasteiger charge is -2.30. The smallest absolute Gasteiger partial charge is 0.307 e. The van der Waals surface area contributed by atoms with E-state index < -0.39 is 5.97 Å². The van der Waals surface area contributed by atoms with E-state index in [9.17, 15) is 4.79 Å². The molecule has 1 heterocycles. The largest absolute Gasteiger partial charge is 0.497 e. The molecule has 0 amide bonds. The van der Waals surface area contributed by atoms with Gasteiger partial charge in [0.2, 0.25) is 0 Å². The second-order valence-electron chi connectivity index (χ2n) is 5.00. The quantitative estimate of drug-likeness (QED) is 0.861. The van der Waals surface area contributed by atoms with E-state index in [-0.39, 0.29) is 5.92 Å². The number of hydrogen-bond acceptors (Lipinski definition) is 4. The molecule has 20 heavy (non-hydrogen) atoms. The van der Waals surface area contributed by atoms with E-state index in [2.05, 4.69) is 4.90 Å². The summed E-state index contributed by atoms with van der Waals surface area (Å²) < 4.78 is 10.7. The van der Waals surface area contributed by atoms with E-state index in [0.717, 1.165) is 37.4 Å². The molecule has 2 rings (SSSR count). The standard InChI is InChI=1S/C15H21NO4/c1-19-13-4-6-14(7-5-13)20-10-9-16-8-2-3-12(11-16)15(17)18/h4-7,12H,2-3,8-11H2,1H3,(H,17,18). The monoisotopic (exact) mass is 279 g/mol. The maximum absolute atomic E-state index is 11.0. The molecule has 1 aromatic rings. The Bertz CT molecular complexity index is 432. The average Bonchev–Trinajstić information content (AvgIpc) is 2.48. The second-order valence-corrected chi connectivity index (χ2v) is 5.00. The van der Waals surface area contributed by atoms with Crippen molar-refractivity contribution in [3.05, 3.63) is 24.3 Å². The van der Waals surface area contributed by atoms with Crippen molar-refractivity contribution < 1.29 is 19.4 Å². The minimum atomic E-state index is -0.689. The van der Waals surface area contributed by atoms with Gasteiger partial charge in [0.05, 0.1) is 13.0 Å². The number of piperidine rings is 1. The first-order chi connectivity index (χ1) is 9.69. The number of carbonyl (C=O) groups is 1. The number of methoxy groups -OCH3 is 1. The van der Waals surface area contributed by atoms with E-state index in [0.29, 0.717) is 13.2 Å². The third kappa shape index (κ3) is 4.13. The van der Waals surface area contributed by atoms with Crippen molar-refractivity contribution >= 4 is 5.97 Å². The normalized spacial score (nSPS) is 19.6. The molecule has 1 unspecified atom stereocenters. The van der Waals surface area contributed by atoms with Gasteiger partial charge in [-0.1, -0.05) is 0 Å². The molecule has 1 aromatic carbocycles. The number of likely N-dealkylation sites (tertiary alicyclic amines) is 1. The highest BCUT2D eigenvalue weighted by molar-refractivity contribution is 5.70. The molecule has 0 aliphatic carbocycles. The first kappa shape index (κ1) is 14.7. The maximum Gasteiger partial charge on any atom is 0.307 e. The van der Waals surface area contributed by atoms with Crippen LogP contribution in [0, 0.1) is 5.92 Å². The van der Waals surface area contributed by atoms with Gasteiger partial charge in [-0.3, -0.25) is 9.69 Å². The topological polar surface area (TPSA) is 59.0 Å². The third-order valence-electron chi connectivity index (χ3n) is 3.59. The number of aliphatic carboxylic acids is 1. The lowest BCUT2D eigenvalue weighted by Crippen LogP contribution is -2.40. The highest BCUT2D eigenvalue weighted by Gasteiger charge is 2.24. The molecule has 1 aliphatic rings. The van der Waals surface area contributed by atoms with Gasteiger partial charge in [0.15, 0.2) is 0 Å². The molecule has 0 radical (unpaired) electrons. The summed E-state index contributed by atoms with van der Waals surface area (Å²) in [5.41, 5.74) is 0. The highest BCUT2D eigenvalue weighted by Crippen LogP contribution is 2.18. The Balaban J connectivity index is 1.73. The van der Waals surface area contributed by atoms with E-state index in [1.807, 2.05) is 24.3 Å². The van der Waals surface area contributed by atoms with Gasteiger partial charge in [-0.05, 0) is 43.7 Å². The van der Waals surface area contributed by atoms with Crippen LogP contribution in [0.2, 0.25) is 0 Å². The summed E-state index contributed by atoms with van der Waals surface area (Å²) in [6.45, 7) is 2.91. The van der Waals surface area contributed by atoms with Gasteiger partial charge in [-0.2, -0.15) is 0 Å². The van der Waals surface area contributed by atoms with Crippen molar-refractivity contribution in [3.63, 3.8) is 0 Å². The fraction of sp³-hybridized carbons (Fsp3) is 0.533. The van der Waals surface area contributed by atoms with E-state index in [4.69, 9.17) is 14.6 Å². The zero-order valence-electron chi connectivity index (χ0n) is 11.7. The SMILES string of the molecule is COc1ccc(OCCN2CCCC(C(=O)O)C2)cc1. The molecule has 110 valence electrons. The van der Waals surface area contributed by atoms with Crippen LogP contribution in [0.5, 0.6) is 11.5 Å². The van der Waals surface area contributed by atoms with Crippen LogP contribution in [0.3, 0.4) is 0 Å². The molecule has 1 fully saturated rings.